The number of nitrogens with two attached hydrogens (primary N) is 1. The molecule has 0 aliphatic rings. The first-order chi connectivity index (χ1) is 13.5. The SMILES string of the molecule is Cc1nc2ccc(-c3ccc(N)nc3)cn2c1Cc1ccccc1OC(F)F. The lowest BCUT2D eigenvalue weighted by atomic mass is 10.1. The third kappa shape index (κ3) is 3.51. The molecule has 0 atom stereocenters. The normalized spacial score (nSPS) is 11.3. The summed E-state index contributed by atoms with van der Waals surface area (Å²) in [5, 5.41) is 0. The van der Waals surface area contributed by atoms with Crippen molar-refractivity contribution in [1.82, 2.24) is 14.4 Å². The lowest BCUT2D eigenvalue weighted by molar-refractivity contribution is -0.0503. The number of benzene rings is 1. The van der Waals surface area contributed by atoms with Gasteiger partial charge in [-0.25, -0.2) is 9.97 Å². The summed E-state index contributed by atoms with van der Waals surface area (Å²) >= 11 is 0. The molecule has 28 heavy (non-hydrogen) atoms. The second kappa shape index (κ2) is 7.26. The fourth-order valence-electron chi connectivity index (χ4n) is 3.21. The third-order valence-electron chi connectivity index (χ3n) is 4.58. The largest absolute Gasteiger partial charge is 0.435 e. The van der Waals surface area contributed by atoms with Crippen LogP contribution in [0.15, 0.2) is 60.9 Å². The topological polar surface area (TPSA) is 65.4 Å². The Morgan fingerprint density at radius 3 is 2.61 bits per heavy atom. The van der Waals surface area contributed by atoms with Crippen molar-refractivity contribution in [1.29, 1.82) is 0 Å². The van der Waals surface area contributed by atoms with E-state index in [0.29, 0.717) is 17.8 Å². The van der Waals surface area contributed by atoms with Crippen LogP contribution < -0.4 is 10.5 Å². The molecule has 0 spiro atoms. The van der Waals surface area contributed by atoms with Gasteiger partial charge in [-0.05, 0) is 37.3 Å². The fourth-order valence-corrected chi connectivity index (χ4v) is 3.21. The van der Waals surface area contributed by atoms with Gasteiger partial charge in [-0.15, -0.1) is 0 Å². The minimum atomic E-state index is -2.87. The maximum atomic E-state index is 12.7. The average molecular weight is 380 g/mol. The van der Waals surface area contributed by atoms with Gasteiger partial charge >= 0.3 is 6.61 Å². The van der Waals surface area contributed by atoms with Gasteiger partial charge in [0, 0.05) is 41.2 Å². The van der Waals surface area contributed by atoms with E-state index >= 15 is 0 Å². The average Bonchev–Trinajstić information content (AvgIpc) is 2.98. The summed E-state index contributed by atoms with van der Waals surface area (Å²) in [6.45, 7) is -0.961. The number of ether oxygens (including phenoxy) is 1. The second-order valence-electron chi connectivity index (χ2n) is 6.42. The van der Waals surface area contributed by atoms with E-state index < -0.39 is 6.61 Å². The molecule has 0 bridgehead atoms. The van der Waals surface area contributed by atoms with Crippen LogP contribution in [0.3, 0.4) is 0 Å². The fraction of sp³-hybridized carbons (Fsp3) is 0.143. The summed E-state index contributed by atoms with van der Waals surface area (Å²) < 4.78 is 32.1. The highest BCUT2D eigenvalue weighted by Gasteiger charge is 2.15. The molecule has 1 aromatic carbocycles. The van der Waals surface area contributed by atoms with Gasteiger partial charge in [-0.3, -0.25) is 0 Å². The number of halogens is 2. The third-order valence-corrected chi connectivity index (χ3v) is 4.58. The van der Waals surface area contributed by atoms with E-state index in [9.17, 15) is 8.78 Å². The summed E-state index contributed by atoms with van der Waals surface area (Å²) in [5.41, 5.74) is 10.7. The quantitative estimate of drug-likeness (QED) is 0.554. The molecule has 0 amide bonds. The summed E-state index contributed by atoms with van der Waals surface area (Å²) in [7, 11) is 0. The number of anilines is 1. The molecule has 2 N–H and O–H groups in total. The van der Waals surface area contributed by atoms with E-state index in [1.807, 2.05) is 35.7 Å². The van der Waals surface area contributed by atoms with Crippen LogP contribution in [0, 0.1) is 6.92 Å². The molecular formula is C21H18F2N4O. The Bertz CT molecular complexity index is 1120. The number of alkyl halides is 2. The number of nitrogens with zero attached hydrogens (tertiary/aromatic N) is 3. The number of hydrogen-bond acceptors (Lipinski definition) is 4. The monoisotopic (exact) mass is 380 g/mol. The van der Waals surface area contributed by atoms with Crippen molar-refractivity contribution in [2.24, 2.45) is 0 Å². The van der Waals surface area contributed by atoms with E-state index in [1.165, 1.54) is 0 Å². The van der Waals surface area contributed by atoms with Crippen LogP contribution in [0.1, 0.15) is 17.0 Å². The van der Waals surface area contributed by atoms with Gasteiger partial charge in [0.1, 0.15) is 17.2 Å². The maximum absolute atomic E-state index is 12.7. The van der Waals surface area contributed by atoms with E-state index in [0.717, 1.165) is 28.2 Å². The Hall–Kier alpha value is -3.48. The number of fused-ring (bicyclic) bond motifs is 1. The molecule has 3 heterocycles. The van der Waals surface area contributed by atoms with Crippen molar-refractivity contribution >= 4 is 11.5 Å². The highest BCUT2D eigenvalue weighted by atomic mass is 19.3. The minimum absolute atomic E-state index is 0.172. The molecule has 0 saturated carbocycles. The first kappa shape index (κ1) is 17.9. The molecule has 3 aromatic heterocycles. The zero-order chi connectivity index (χ0) is 19.7. The molecule has 0 aliphatic heterocycles. The Balaban J connectivity index is 1.76. The lowest BCUT2D eigenvalue weighted by Gasteiger charge is -2.11. The predicted octanol–water partition coefficient (Wildman–Crippen LogP) is 4.48. The lowest BCUT2D eigenvalue weighted by Crippen LogP contribution is -2.05. The van der Waals surface area contributed by atoms with Crippen LogP contribution in [0.25, 0.3) is 16.8 Å². The summed E-state index contributed by atoms with van der Waals surface area (Å²) in [5.74, 6) is 0.630. The van der Waals surface area contributed by atoms with E-state index in [4.69, 9.17) is 5.73 Å². The van der Waals surface area contributed by atoms with Crippen molar-refractivity contribution in [3.05, 3.63) is 77.9 Å². The smallest absolute Gasteiger partial charge is 0.387 e. The zero-order valence-corrected chi connectivity index (χ0v) is 15.1. The molecular weight excluding hydrogens is 362 g/mol. The minimum Gasteiger partial charge on any atom is -0.435 e. The highest BCUT2D eigenvalue weighted by Crippen LogP contribution is 2.27. The van der Waals surface area contributed by atoms with Gasteiger partial charge in [0.2, 0.25) is 0 Å². The van der Waals surface area contributed by atoms with Crippen LogP contribution in [0.5, 0.6) is 5.75 Å². The van der Waals surface area contributed by atoms with Crippen molar-refractivity contribution in [2.45, 2.75) is 20.0 Å². The van der Waals surface area contributed by atoms with E-state index in [-0.39, 0.29) is 5.75 Å². The molecule has 4 rings (SSSR count). The Morgan fingerprint density at radius 1 is 1.07 bits per heavy atom. The number of para-hydroxylation sites is 1. The van der Waals surface area contributed by atoms with Gasteiger partial charge in [0.25, 0.3) is 0 Å². The number of hydrogen-bond donors (Lipinski definition) is 1. The van der Waals surface area contributed by atoms with E-state index in [1.54, 1.807) is 36.5 Å². The number of nitrogen functional groups attached to an aromatic ring is 1. The maximum Gasteiger partial charge on any atom is 0.387 e. The zero-order valence-electron chi connectivity index (χ0n) is 15.1. The van der Waals surface area contributed by atoms with Gasteiger partial charge in [0.05, 0.1) is 5.69 Å². The standard InChI is InChI=1S/C21H18F2N4O/c1-13-17(10-14-4-2-3-5-18(14)28-21(22)23)27-12-16(7-9-20(27)26-13)15-6-8-19(24)25-11-15/h2-9,11-12,21H,10H2,1H3,(H2,24,25). The van der Waals surface area contributed by atoms with Crippen LogP contribution in [0.2, 0.25) is 0 Å². The van der Waals surface area contributed by atoms with Crippen LogP contribution >= 0.6 is 0 Å². The van der Waals surface area contributed by atoms with Gasteiger partial charge < -0.3 is 14.9 Å². The molecule has 4 aromatic rings. The molecule has 7 heteroatoms. The number of pyridine rings is 2. The Morgan fingerprint density at radius 2 is 1.86 bits per heavy atom. The van der Waals surface area contributed by atoms with Crippen molar-refractivity contribution in [3.8, 4) is 16.9 Å². The summed E-state index contributed by atoms with van der Waals surface area (Å²) in [6, 6.07) is 14.3. The molecule has 0 unspecified atom stereocenters. The van der Waals surface area contributed by atoms with Crippen LogP contribution in [0.4, 0.5) is 14.6 Å². The van der Waals surface area contributed by atoms with Crippen molar-refractivity contribution in [3.63, 3.8) is 0 Å². The Kier molecular flexibility index (Phi) is 4.65. The number of imidazole rings is 1. The first-order valence-electron chi connectivity index (χ1n) is 8.73. The number of rotatable bonds is 5. The first-order valence-corrected chi connectivity index (χ1v) is 8.73. The molecule has 0 fully saturated rings. The number of aromatic nitrogens is 3. The molecule has 142 valence electrons. The summed E-state index contributed by atoms with van der Waals surface area (Å²) in [6.07, 6.45) is 4.10. The van der Waals surface area contributed by atoms with Crippen molar-refractivity contribution < 1.29 is 13.5 Å². The van der Waals surface area contributed by atoms with Crippen molar-refractivity contribution in [2.75, 3.05) is 5.73 Å². The van der Waals surface area contributed by atoms with E-state index in [2.05, 4.69) is 14.7 Å². The molecule has 5 nitrogen and oxygen atoms in total. The van der Waals surface area contributed by atoms with Gasteiger partial charge in [0.15, 0.2) is 0 Å². The number of aryl methyl sites for hydroxylation is 1. The predicted molar refractivity (Wildman–Crippen MR) is 103 cm³/mol. The van der Waals surface area contributed by atoms with Gasteiger partial charge in [-0.1, -0.05) is 18.2 Å². The molecule has 0 radical (unpaired) electrons. The Labute approximate surface area is 160 Å². The second-order valence-corrected chi connectivity index (χ2v) is 6.42. The highest BCUT2D eigenvalue weighted by molar-refractivity contribution is 5.65. The molecule has 0 saturated heterocycles. The van der Waals surface area contributed by atoms with Gasteiger partial charge in [-0.2, -0.15) is 8.78 Å². The van der Waals surface area contributed by atoms with Crippen LogP contribution in [-0.4, -0.2) is 21.0 Å². The molecule has 0 aliphatic carbocycles. The summed E-state index contributed by atoms with van der Waals surface area (Å²) in [4.78, 5) is 8.72. The van der Waals surface area contributed by atoms with Crippen LogP contribution in [-0.2, 0) is 6.42 Å².